The van der Waals surface area contributed by atoms with Gasteiger partial charge in [0.05, 0.1) is 25.5 Å². The van der Waals surface area contributed by atoms with Crippen molar-refractivity contribution in [1.29, 1.82) is 0 Å². The highest BCUT2D eigenvalue weighted by Gasteiger charge is 2.12. The van der Waals surface area contributed by atoms with Crippen LogP contribution in [0.3, 0.4) is 0 Å². The van der Waals surface area contributed by atoms with E-state index in [-0.39, 0.29) is 0 Å². The van der Waals surface area contributed by atoms with E-state index in [1.54, 1.807) is 6.21 Å². The van der Waals surface area contributed by atoms with Crippen LogP contribution in [-0.4, -0.2) is 69.8 Å². The SMILES string of the molecule is CC.CNCCN=C/C(CN1CCCc2sc(C)cc2CCOCC1)=N\N. The highest BCUT2D eigenvalue weighted by Crippen LogP contribution is 2.24. The zero-order chi connectivity index (χ0) is 19.9. The maximum Gasteiger partial charge on any atom is 0.0918 e. The van der Waals surface area contributed by atoms with Crippen LogP contribution >= 0.6 is 11.3 Å². The van der Waals surface area contributed by atoms with Crippen LogP contribution < -0.4 is 11.2 Å². The molecular weight excluding hydrogens is 358 g/mol. The Hall–Kier alpha value is -1.28. The molecule has 0 aliphatic carbocycles. The summed E-state index contributed by atoms with van der Waals surface area (Å²) in [6.45, 7) is 12.0. The van der Waals surface area contributed by atoms with Crippen molar-refractivity contribution < 1.29 is 4.74 Å². The van der Waals surface area contributed by atoms with Gasteiger partial charge in [-0.1, -0.05) is 13.8 Å². The molecule has 1 aliphatic heterocycles. The molecule has 0 amide bonds. The van der Waals surface area contributed by atoms with Crippen molar-refractivity contribution in [2.24, 2.45) is 15.9 Å². The quantitative estimate of drug-likeness (QED) is 0.336. The Bertz CT molecular complexity index is 571. The Labute approximate surface area is 168 Å². The molecule has 0 spiro atoms. The molecule has 1 aromatic rings. The number of aryl methyl sites for hydroxylation is 2. The first-order valence-corrected chi connectivity index (χ1v) is 10.8. The topological polar surface area (TPSA) is 75.2 Å². The van der Waals surface area contributed by atoms with Gasteiger partial charge in [0.1, 0.15) is 0 Å². The standard InChI is InChI=1S/C18H31N5OS.C2H6/c1-15-12-16-5-10-24-11-9-23(8-3-4-18(16)25-15)14-17(22-19)13-21-7-6-20-2;1-2/h12-13,20H,3-11,14,19H2,1-2H3;1-2H3/b21-13?,22-17+;. The molecule has 0 radical (unpaired) electrons. The molecular formula is C20H37N5OS. The number of nitrogens with zero attached hydrogens (tertiary/aromatic N) is 3. The van der Waals surface area contributed by atoms with E-state index >= 15 is 0 Å². The normalized spacial score (nSPS) is 17.1. The first-order valence-electron chi connectivity index (χ1n) is 10.0. The smallest absolute Gasteiger partial charge is 0.0918 e. The van der Waals surface area contributed by atoms with Gasteiger partial charge in [0, 0.05) is 35.6 Å². The molecule has 6 nitrogen and oxygen atoms in total. The average Bonchev–Trinajstić information content (AvgIpc) is 3.02. The third kappa shape index (κ3) is 9.46. The van der Waals surface area contributed by atoms with Gasteiger partial charge in [-0.3, -0.25) is 9.89 Å². The molecule has 0 unspecified atom stereocenters. The summed E-state index contributed by atoms with van der Waals surface area (Å²) in [6.07, 6.45) is 5.09. The van der Waals surface area contributed by atoms with Crippen molar-refractivity contribution in [3.8, 4) is 0 Å². The summed E-state index contributed by atoms with van der Waals surface area (Å²) in [5.74, 6) is 5.55. The molecule has 27 heavy (non-hydrogen) atoms. The predicted octanol–water partition coefficient (Wildman–Crippen LogP) is 2.49. The number of nitrogens with two attached hydrogens (primary N) is 1. The minimum absolute atomic E-state index is 0.721. The monoisotopic (exact) mass is 395 g/mol. The summed E-state index contributed by atoms with van der Waals surface area (Å²) < 4.78 is 5.84. The molecule has 2 heterocycles. The van der Waals surface area contributed by atoms with Gasteiger partial charge in [-0.25, -0.2) is 0 Å². The van der Waals surface area contributed by atoms with Gasteiger partial charge in [-0.2, -0.15) is 5.10 Å². The van der Waals surface area contributed by atoms with Gasteiger partial charge in [0.25, 0.3) is 0 Å². The molecule has 0 saturated carbocycles. The maximum atomic E-state index is 5.84. The van der Waals surface area contributed by atoms with Crippen LogP contribution in [0.1, 0.15) is 35.6 Å². The van der Waals surface area contributed by atoms with E-state index in [1.807, 2.05) is 32.2 Å². The van der Waals surface area contributed by atoms with E-state index in [1.165, 1.54) is 15.3 Å². The Kier molecular flexibility index (Phi) is 13.0. The Morgan fingerprint density at radius 3 is 2.89 bits per heavy atom. The van der Waals surface area contributed by atoms with Crippen LogP contribution in [0.5, 0.6) is 0 Å². The zero-order valence-electron chi connectivity index (χ0n) is 17.5. The molecule has 1 aromatic heterocycles. The predicted molar refractivity (Wildman–Crippen MR) is 119 cm³/mol. The van der Waals surface area contributed by atoms with E-state index in [4.69, 9.17) is 10.6 Å². The van der Waals surface area contributed by atoms with Gasteiger partial charge in [0.2, 0.25) is 0 Å². The van der Waals surface area contributed by atoms with Crippen LogP contribution in [0.25, 0.3) is 0 Å². The molecule has 2 rings (SSSR count). The fraction of sp³-hybridized carbons (Fsp3) is 0.700. The van der Waals surface area contributed by atoms with Crippen LogP contribution in [0, 0.1) is 6.92 Å². The lowest BCUT2D eigenvalue weighted by Gasteiger charge is -2.21. The zero-order valence-corrected chi connectivity index (χ0v) is 18.3. The summed E-state index contributed by atoms with van der Waals surface area (Å²) in [7, 11) is 1.92. The van der Waals surface area contributed by atoms with Crippen LogP contribution in [-0.2, 0) is 17.6 Å². The second-order valence-corrected chi connectivity index (χ2v) is 7.65. The Balaban J connectivity index is 0.00000176. The fourth-order valence-corrected chi connectivity index (χ4v) is 4.07. The minimum atomic E-state index is 0.721. The van der Waals surface area contributed by atoms with Gasteiger partial charge < -0.3 is 15.9 Å². The van der Waals surface area contributed by atoms with Crippen LogP contribution in [0.4, 0.5) is 0 Å². The summed E-state index contributed by atoms with van der Waals surface area (Å²) in [5, 5.41) is 6.97. The third-order valence-corrected chi connectivity index (χ3v) is 5.40. The second kappa shape index (κ2) is 14.7. The summed E-state index contributed by atoms with van der Waals surface area (Å²) in [5.41, 5.74) is 2.29. The first-order chi connectivity index (χ1) is 13.2. The lowest BCUT2D eigenvalue weighted by atomic mass is 10.1. The van der Waals surface area contributed by atoms with E-state index in [9.17, 15) is 0 Å². The van der Waals surface area contributed by atoms with E-state index in [0.29, 0.717) is 0 Å². The van der Waals surface area contributed by atoms with Crippen molar-refractivity contribution in [3.63, 3.8) is 0 Å². The number of hydrogen-bond donors (Lipinski definition) is 2. The Morgan fingerprint density at radius 1 is 1.33 bits per heavy atom. The van der Waals surface area contributed by atoms with E-state index in [0.717, 1.165) is 70.9 Å². The lowest BCUT2D eigenvalue weighted by Crippen LogP contribution is -2.35. The number of ether oxygens (including phenoxy) is 1. The van der Waals surface area contributed by atoms with Crippen molar-refractivity contribution in [1.82, 2.24) is 10.2 Å². The highest BCUT2D eigenvalue weighted by molar-refractivity contribution is 7.12. The van der Waals surface area contributed by atoms with Crippen LogP contribution in [0.2, 0.25) is 0 Å². The number of aliphatic imine (C=N–C) groups is 1. The summed E-state index contributed by atoms with van der Waals surface area (Å²) in [4.78, 5) is 9.64. The molecule has 1 aliphatic rings. The molecule has 154 valence electrons. The molecule has 0 saturated heterocycles. The molecule has 7 heteroatoms. The molecule has 0 fully saturated rings. The number of rotatable bonds is 6. The highest BCUT2D eigenvalue weighted by atomic mass is 32.1. The molecule has 0 aromatic carbocycles. The molecule has 0 atom stereocenters. The lowest BCUT2D eigenvalue weighted by molar-refractivity contribution is 0.111. The van der Waals surface area contributed by atoms with Gasteiger partial charge in [-0.15, -0.1) is 11.3 Å². The van der Waals surface area contributed by atoms with Gasteiger partial charge >= 0.3 is 0 Å². The number of fused-ring (bicyclic) bond motifs is 1. The van der Waals surface area contributed by atoms with Gasteiger partial charge in [-0.05, 0) is 51.4 Å². The molecule has 3 N–H and O–H groups in total. The number of nitrogens with one attached hydrogen (secondary N) is 1. The minimum Gasteiger partial charge on any atom is -0.380 e. The summed E-state index contributed by atoms with van der Waals surface area (Å²) >= 11 is 1.93. The number of hydrazone groups is 1. The Morgan fingerprint density at radius 2 is 2.15 bits per heavy atom. The second-order valence-electron chi connectivity index (χ2n) is 6.31. The third-order valence-electron chi connectivity index (χ3n) is 4.25. The van der Waals surface area contributed by atoms with Crippen molar-refractivity contribution in [2.45, 2.75) is 40.0 Å². The van der Waals surface area contributed by atoms with Gasteiger partial charge in [0.15, 0.2) is 0 Å². The van der Waals surface area contributed by atoms with Crippen molar-refractivity contribution in [3.05, 3.63) is 21.4 Å². The maximum absolute atomic E-state index is 5.84. The largest absolute Gasteiger partial charge is 0.380 e. The fourth-order valence-electron chi connectivity index (χ4n) is 2.94. The van der Waals surface area contributed by atoms with Crippen molar-refractivity contribution >= 4 is 23.3 Å². The number of thiophene rings is 1. The first kappa shape index (κ1) is 23.8. The number of hydrogen-bond acceptors (Lipinski definition) is 7. The summed E-state index contributed by atoms with van der Waals surface area (Å²) in [6, 6.07) is 2.32. The van der Waals surface area contributed by atoms with Crippen molar-refractivity contribution in [2.75, 3.05) is 53.0 Å². The van der Waals surface area contributed by atoms with E-state index < -0.39 is 0 Å². The average molecular weight is 396 g/mol. The molecule has 0 bridgehead atoms. The number of likely N-dealkylation sites (N-methyl/N-ethyl adjacent to an activating group) is 1. The van der Waals surface area contributed by atoms with E-state index in [2.05, 4.69) is 33.3 Å². The van der Waals surface area contributed by atoms with Crippen LogP contribution in [0.15, 0.2) is 16.2 Å².